The van der Waals surface area contributed by atoms with Gasteiger partial charge in [-0.2, -0.15) is 0 Å². The van der Waals surface area contributed by atoms with Crippen molar-refractivity contribution in [3.8, 4) is 0 Å². The van der Waals surface area contributed by atoms with Crippen molar-refractivity contribution in [3.63, 3.8) is 0 Å². The number of esters is 1. The maximum Gasteiger partial charge on any atom is 0.313 e. The van der Waals surface area contributed by atoms with Gasteiger partial charge in [0, 0.05) is 5.56 Å². The van der Waals surface area contributed by atoms with Gasteiger partial charge in [0.25, 0.3) is 0 Å². The number of rotatable bonds is 2. The fourth-order valence-electron chi connectivity index (χ4n) is 1.42. The predicted octanol–water partition coefficient (Wildman–Crippen LogP) is 2.55. The predicted molar refractivity (Wildman–Crippen MR) is 51.5 cm³/mol. The first-order chi connectivity index (χ1) is 6.97. The molecule has 0 aliphatic heterocycles. The summed E-state index contributed by atoms with van der Waals surface area (Å²) in [6, 6.07) is 2.38. The fourth-order valence-corrected chi connectivity index (χ4v) is 1.42. The Morgan fingerprint density at radius 1 is 1.33 bits per heavy atom. The molecule has 0 amide bonds. The molecular formula is C11H12F2O2. The summed E-state index contributed by atoms with van der Waals surface area (Å²) in [5.74, 6) is -3.02. The highest BCUT2D eigenvalue weighted by Crippen LogP contribution is 2.24. The van der Waals surface area contributed by atoms with E-state index >= 15 is 0 Å². The van der Waals surface area contributed by atoms with Gasteiger partial charge in [-0.15, -0.1) is 0 Å². The summed E-state index contributed by atoms with van der Waals surface area (Å²) < 4.78 is 31.3. The molecule has 0 radical (unpaired) electrons. The van der Waals surface area contributed by atoms with E-state index in [1.165, 1.54) is 26.2 Å². The van der Waals surface area contributed by atoms with Crippen LogP contribution in [0.2, 0.25) is 0 Å². The van der Waals surface area contributed by atoms with Crippen LogP contribution in [0.1, 0.15) is 24.0 Å². The average Bonchev–Trinajstić information content (AvgIpc) is 2.14. The van der Waals surface area contributed by atoms with Crippen molar-refractivity contribution in [2.45, 2.75) is 19.8 Å². The summed E-state index contributed by atoms with van der Waals surface area (Å²) in [5.41, 5.74) is 0.235. The molecule has 0 saturated heterocycles. The molecule has 1 aromatic carbocycles. The monoisotopic (exact) mass is 214 g/mol. The molecule has 0 N–H and O–H groups in total. The number of hydrogen-bond acceptors (Lipinski definition) is 2. The van der Waals surface area contributed by atoms with Crippen molar-refractivity contribution >= 4 is 5.97 Å². The molecule has 1 aromatic rings. The van der Waals surface area contributed by atoms with E-state index in [9.17, 15) is 13.6 Å². The van der Waals surface area contributed by atoms with Crippen LogP contribution in [0.5, 0.6) is 0 Å². The van der Waals surface area contributed by atoms with Gasteiger partial charge in [0.2, 0.25) is 0 Å². The van der Waals surface area contributed by atoms with Gasteiger partial charge in [-0.25, -0.2) is 8.78 Å². The Labute approximate surface area is 86.9 Å². The molecule has 0 unspecified atom stereocenters. The first-order valence-corrected chi connectivity index (χ1v) is 4.50. The topological polar surface area (TPSA) is 26.3 Å². The number of methoxy groups -OCH3 is 1. The molecule has 1 atom stereocenters. The summed E-state index contributed by atoms with van der Waals surface area (Å²) in [6.07, 6.45) is 0. The Bertz CT molecular complexity index is 365. The van der Waals surface area contributed by atoms with Crippen LogP contribution in [-0.4, -0.2) is 13.1 Å². The number of carbonyl (C=O) groups is 1. The molecule has 0 heterocycles. The molecule has 0 saturated carbocycles. The maximum absolute atomic E-state index is 13.4. The first kappa shape index (κ1) is 11.6. The minimum Gasteiger partial charge on any atom is -0.469 e. The molecule has 1 rings (SSSR count). The van der Waals surface area contributed by atoms with E-state index in [1.807, 2.05) is 0 Å². The van der Waals surface area contributed by atoms with E-state index in [2.05, 4.69) is 4.74 Å². The number of benzene rings is 1. The highest BCUT2D eigenvalue weighted by atomic mass is 19.1. The third-order valence-corrected chi connectivity index (χ3v) is 2.21. The van der Waals surface area contributed by atoms with Gasteiger partial charge in [0.15, 0.2) is 0 Å². The average molecular weight is 214 g/mol. The van der Waals surface area contributed by atoms with Gasteiger partial charge >= 0.3 is 5.97 Å². The van der Waals surface area contributed by atoms with Crippen LogP contribution in [0, 0.1) is 18.6 Å². The number of aryl methyl sites for hydroxylation is 1. The molecule has 0 aromatic heterocycles. The van der Waals surface area contributed by atoms with Crippen molar-refractivity contribution in [1.82, 2.24) is 0 Å². The van der Waals surface area contributed by atoms with Crippen molar-refractivity contribution < 1.29 is 18.3 Å². The summed E-state index contributed by atoms with van der Waals surface area (Å²) >= 11 is 0. The Morgan fingerprint density at radius 3 is 2.20 bits per heavy atom. The Balaban J connectivity index is 3.19. The number of halogens is 2. The van der Waals surface area contributed by atoms with Gasteiger partial charge in [0.1, 0.15) is 11.6 Å². The number of ether oxygens (including phenoxy) is 1. The van der Waals surface area contributed by atoms with Crippen molar-refractivity contribution in [2.75, 3.05) is 7.11 Å². The van der Waals surface area contributed by atoms with Crippen LogP contribution >= 0.6 is 0 Å². The van der Waals surface area contributed by atoms with E-state index in [0.29, 0.717) is 5.56 Å². The summed E-state index contributed by atoms with van der Waals surface area (Å²) in [4.78, 5) is 11.1. The first-order valence-electron chi connectivity index (χ1n) is 4.50. The lowest BCUT2D eigenvalue weighted by Crippen LogP contribution is -2.14. The third-order valence-electron chi connectivity index (χ3n) is 2.21. The smallest absolute Gasteiger partial charge is 0.313 e. The molecule has 0 aliphatic rings. The van der Waals surface area contributed by atoms with Crippen LogP contribution < -0.4 is 0 Å². The number of hydrogen-bond donors (Lipinski definition) is 0. The van der Waals surface area contributed by atoms with E-state index in [0.717, 1.165) is 0 Å². The van der Waals surface area contributed by atoms with E-state index in [1.54, 1.807) is 6.92 Å². The van der Waals surface area contributed by atoms with Gasteiger partial charge in [0.05, 0.1) is 13.0 Å². The Hall–Kier alpha value is -1.45. The Morgan fingerprint density at radius 2 is 1.80 bits per heavy atom. The van der Waals surface area contributed by atoms with Gasteiger partial charge in [-0.05, 0) is 31.5 Å². The lowest BCUT2D eigenvalue weighted by atomic mass is 9.98. The lowest BCUT2D eigenvalue weighted by molar-refractivity contribution is -0.142. The Kier molecular flexibility index (Phi) is 3.39. The summed E-state index contributed by atoms with van der Waals surface area (Å²) in [6.45, 7) is 2.99. The maximum atomic E-state index is 13.4. The standard InChI is InChI=1S/C11H12F2O2/c1-6-4-8(12)10(9(13)5-6)7(2)11(14)15-3/h4-5,7H,1-3H3/t7-/m1/s1. The largest absolute Gasteiger partial charge is 0.469 e. The number of carbonyl (C=O) groups excluding carboxylic acids is 1. The van der Waals surface area contributed by atoms with Gasteiger partial charge in [-0.3, -0.25) is 4.79 Å². The second-order valence-corrected chi connectivity index (χ2v) is 3.39. The van der Waals surface area contributed by atoms with Crippen LogP contribution in [0.3, 0.4) is 0 Å². The molecule has 4 heteroatoms. The highest BCUT2D eigenvalue weighted by Gasteiger charge is 2.23. The van der Waals surface area contributed by atoms with E-state index in [-0.39, 0.29) is 5.56 Å². The third kappa shape index (κ3) is 2.32. The molecule has 0 spiro atoms. The molecule has 0 fully saturated rings. The van der Waals surface area contributed by atoms with Crippen LogP contribution in [0.4, 0.5) is 8.78 Å². The van der Waals surface area contributed by atoms with E-state index < -0.39 is 23.5 Å². The van der Waals surface area contributed by atoms with Crippen LogP contribution in [-0.2, 0) is 9.53 Å². The normalized spacial score (nSPS) is 12.3. The quantitative estimate of drug-likeness (QED) is 0.707. The SMILES string of the molecule is COC(=O)[C@H](C)c1c(F)cc(C)cc1F. The van der Waals surface area contributed by atoms with Crippen molar-refractivity contribution in [2.24, 2.45) is 0 Å². The molecule has 2 nitrogen and oxygen atoms in total. The molecule has 82 valence electrons. The summed E-state index contributed by atoms with van der Waals surface area (Å²) in [7, 11) is 1.18. The van der Waals surface area contributed by atoms with Crippen molar-refractivity contribution in [1.29, 1.82) is 0 Å². The lowest BCUT2D eigenvalue weighted by Gasteiger charge is -2.12. The van der Waals surface area contributed by atoms with Gasteiger partial charge < -0.3 is 4.74 Å². The zero-order chi connectivity index (χ0) is 11.6. The second-order valence-electron chi connectivity index (χ2n) is 3.39. The molecule has 15 heavy (non-hydrogen) atoms. The zero-order valence-electron chi connectivity index (χ0n) is 8.80. The zero-order valence-corrected chi connectivity index (χ0v) is 8.80. The fraction of sp³-hybridized carbons (Fsp3) is 0.364. The minimum atomic E-state index is -0.935. The second kappa shape index (κ2) is 4.38. The summed E-state index contributed by atoms with van der Waals surface area (Å²) in [5, 5.41) is 0. The van der Waals surface area contributed by atoms with Crippen molar-refractivity contribution in [3.05, 3.63) is 34.9 Å². The highest BCUT2D eigenvalue weighted by molar-refractivity contribution is 5.77. The van der Waals surface area contributed by atoms with Crippen LogP contribution in [0.15, 0.2) is 12.1 Å². The molecule has 0 aliphatic carbocycles. The molecule has 0 bridgehead atoms. The van der Waals surface area contributed by atoms with Gasteiger partial charge in [-0.1, -0.05) is 0 Å². The van der Waals surface area contributed by atoms with Crippen LogP contribution in [0.25, 0.3) is 0 Å². The molecular weight excluding hydrogens is 202 g/mol. The van der Waals surface area contributed by atoms with E-state index in [4.69, 9.17) is 0 Å². The minimum absolute atomic E-state index is 0.243.